The fourth-order valence-corrected chi connectivity index (χ4v) is 4.17. The van der Waals surface area contributed by atoms with Crippen LogP contribution in [0, 0.1) is 5.92 Å². The molecule has 0 amide bonds. The Kier molecular flexibility index (Phi) is 6.51. The zero-order valence-electron chi connectivity index (χ0n) is 18.4. The summed E-state index contributed by atoms with van der Waals surface area (Å²) in [6.07, 6.45) is -2.33. The van der Waals surface area contributed by atoms with Crippen LogP contribution >= 0.6 is 0 Å². The zero-order chi connectivity index (χ0) is 24.3. The quantitative estimate of drug-likeness (QED) is 0.270. The maximum atomic E-state index is 13.4. The molecule has 0 saturated heterocycles. The lowest BCUT2D eigenvalue weighted by atomic mass is 9.92. The van der Waals surface area contributed by atoms with Gasteiger partial charge in [-0.2, -0.15) is 13.2 Å². The summed E-state index contributed by atoms with van der Waals surface area (Å²) in [5, 5.41) is 3.66. The molecule has 7 nitrogen and oxygen atoms in total. The molecule has 1 aliphatic rings. The van der Waals surface area contributed by atoms with E-state index in [1.54, 1.807) is 17.9 Å². The lowest BCUT2D eigenvalue weighted by Gasteiger charge is -2.35. The van der Waals surface area contributed by atoms with Crippen molar-refractivity contribution in [1.29, 1.82) is 0 Å². The van der Waals surface area contributed by atoms with Gasteiger partial charge in [0.25, 0.3) is 5.56 Å². The van der Waals surface area contributed by atoms with E-state index in [4.69, 9.17) is 10.3 Å². The zero-order valence-corrected chi connectivity index (χ0v) is 18.4. The van der Waals surface area contributed by atoms with E-state index in [0.29, 0.717) is 36.4 Å². The predicted octanol–water partition coefficient (Wildman–Crippen LogP) is 5.54. The normalized spacial score (nSPS) is 15.4. The number of nitrogens with zero attached hydrogens (tertiary/aromatic N) is 5. The molecule has 2 aromatic carbocycles. The van der Waals surface area contributed by atoms with E-state index < -0.39 is 11.7 Å². The van der Waals surface area contributed by atoms with Gasteiger partial charge in [-0.05, 0) is 65.9 Å². The molecule has 1 aliphatic heterocycles. The van der Waals surface area contributed by atoms with Crippen molar-refractivity contribution in [3.63, 3.8) is 0 Å². The van der Waals surface area contributed by atoms with Gasteiger partial charge in [0.15, 0.2) is 0 Å². The summed E-state index contributed by atoms with van der Waals surface area (Å²) in [6, 6.07) is 14.0. The topological polar surface area (TPSA) is 83.2 Å². The second-order valence-electron chi connectivity index (χ2n) is 8.10. The molecule has 1 atom stereocenters. The van der Waals surface area contributed by atoms with Crippen molar-refractivity contribution in [2.24, 2.45) is 11.0 Å². The number of pyridine rings is 1. The van der Waals surface area contributed by atoms with Gasteiger partial charge < -0.3 is 14.2 Å². The molecular formula is C24H22F3N5O2. The van der Waals surface area contributed by atoms with E-state index in [1.165, 1.54) is 12.1 Å². The van der Waals surface area contributed by atoms with E-state index in [1.807, 2.05) is 35.2 Å². The van der Waals surface area contributed by atoms with Crippen LogP contribution in [0.25, 0.3) is 10.4 Å². The number of hydrogen-bond donors (Lipinski definition) is 0. The largest absolute Gasteiger partial charge is 0.497 e. The first-order valence-corrected chi connectivity index (χ1v) is 10.6. The van der Waals surface area contributed by atoms with Crippen LogP contribution in [0.15, 0.2) is 70.7 Å². The number of benzene rings is 2. The predicted molar refractivity (Wildman–Crippen MR) is 122 cm³/mol. The number of methoxy groups -OCH3 is 1. The first kappa shape index (κ1) is 23.3. The third-order valence-corrected chi connectivity index (χ3v) is 5.89. The summed E-state index contributed by atoms with van der Waals surface area (Å²) >= 11 is 0. The van der Waals surface area contributed by atoms with Crippen molar-refractivity contribution in [2.45, 2.75) is 19.1 Å². The van der Waals surface area contributed by atoms with Crippen LogP contribution in [0.1, 0.15) is 16.7 Å². The molecular weight excluding hydrogens is 447 g/mol. The van der Waals surface area contributed by atoms with Crippen molar-refractivity contribution in [1.82, 2.24) is 4.57 Å². The van der Waals surface area contributed by atoms with Crippen LogP contribution in [-0.4, -0.2) is 24.8 Å². The summed E-state index contributed by atoms with van der Waals surface area (Å²) in [7, 11) is 1.58. The molecule has 0 aliphatic carbocycles. The molecule has 2 heterocycles. The minimum Gasteiger partial charge on any atom is -0.497 e. The number of anilines is 2. The smallest absolute Gasteiger partial charge is 0.416 e. The summed E-state index contributed by atoms with van der Waals surface area (Å²) in [5.74, 6) is 0.560. The molecule has 0 fully saturated rings. The SMILES string of the molecule is COc1ccc(Cn2ccc3c(c2=O)CC(CN=[N+]=[N-])CN3c2ccc(C(F)(F)F)cc2)cc1. The highest BCUT2D eigenvalue weighted by Crippen LogP contribution is 2.36. The molecule has 0 N–H and O–H groups in total. The minimum absolute atomic E-state index is 0.157. The van der Waals surface area contributed by atoms with Crippen LogP contribution in [0.3, 0.4) is 0 Å². The molecule has 0 radical (unpaired) electrons. The van der Waals surface area contributed by atoms with Crippen LogP contribution in [0.5, 0.6) is 5.75 Å². The van der Waals surface area contributed by atoms with Crippen molar-refractivity contribution in [3.05, 3.63) is 98.3 Å². The Labute approximate surface area is 193 Å². The Morgan fingerprint density at radius 2 is 1.82 bits per heavy atom. The highest BCUT2D eigenvalue weighted by atomic mass is 19.4. The van der Waals surface area contributed by atoms with E-state index in [9.17, 15) is 18.0 Å². The number of ether oxygens (including phenoxy) is 1. The van der Waals surface area contributed by atoms with Crippen molar-refractivity contribution in [3.8, 4) is 5.75 Å². The van der Waals surface area contributed by atoms with Gasteiger partial charge in [0, 0.05) is 35.4 Å². The minimum atomic E-state index is -4.43. The molecule has 1 unspecified atom stereocenters. The molecule has 1 aromatic heterocycles. The van der Waals surface area contributed by atoms with Gasteiger partial charge >= 0.3 is 6.18 Å². The molecule has 34 heavy (non-hydrogen) atoms. The average Bonchev–Trinajstić information content (AvgIpc) is 2.84. The maximum Gasteiger partial charge on any atom is 0.416 e. The van der Waals surface area contributed by atoms with E-state index >= 15 is 0 Å². The number of hydrogen-bond acceptors (Lipinski definition) is 4. The molecule has 0 bridgehead atoms. The van der Waals surface area contributed by atoms with E-state index in [0.717, 1.165) is 23.4 Å². The number of halogens is 3. The number of rotatable bonds is 6. The standard InChI is InChI=1S/C24H22F3N5O2/c1-34-20-8-2-16(3-9-20)14-31-11-10-22-21(23(31)33)12-17(13-29-30-28)15-32(22)19-6-4-18(5-7-19)24(25,26)27/h2-11,17H,12-15H2,1H3. The lowest BCUT2D eigenvalue weighted by Crippen LogP contribution is -2.38. The van der Waals surface area contributed by atoms with Crippen LogP contribution in [-0.2, 0) is 19.1 Å². The Bertz CT molecular complexity index is 1260. The first-order chi connectivity index (χ1) is 16.3. The lowest BCUT2D eigenvalue weighted by molar-refractivity contribution is -0.137. The third-order valence-electron chi connectivity index (χ3n) is 5.89. The van der Waals surface area contributed by atoms with Gasteiger partial charge in [-0.15, -0.1) is 0 Å². The van der Waals surface area contributed by atoms with Gasteiger partial charge in [-0.25, -0.2) is 0 Å². The molecule has 10 heteroatoms. The summed E-state index contributed by atoms with van der Waals surface area (Å²) in [5.41, 5.74) is 10.5. The number of azide groups is 1. The summed E-state index contributed by atoms with van der Waals surface area (Å²) < 4.78 is 45.8. The number of aromatic nitrogens is 1. The highest BCUT2D eigenvalue weighted by molar-refractivity contribution is 5.67. The Hall–Kier alpha value is -3.91. The summed E-state index contributed by atoms with van der Waals surface area (Å²) in [6.45, 7) is 0.955. The second-order valence-corrected chi connectivity index (χ2v) is 8.10. The number of fused-ring (bicyclic) bond motifs is 1. The van der Waals surface area contributed by atoms with Crippen molar-refractivity contribution >= 4 is 11.4 Å². The Morgan fingerprint density at radius 1 is 1.12 bits per heavy atom. The monoisotopic (exact) mass is 469 g/mol. The molecule has 176 valence electrons. The van der Waals surface area contributed by atoms with Crippen molar-refractivity contribution < 1.29 is 17.9 Å². The maximum absolute atomic E-state index is 13.4. The number of alkyl halides is 3. The molecule has 0 spiro atoms. The van der Waals surface area contributed by atoms with Gasteiger partial charge in [0.2, 0.25) is 0 Å². The van der Waals surface area contributed by atoms with Gasteiger partial charge in [0.1, 0.15) is 5.75 Å². The molecule has 3 aromatic rings. The van der Waals surface area contributed by atoms with Crippen molar-refractivity contribution in [2.75, 3.05) is 25.1 Å². The van der Waals surface area contributed by atoms with Gasteiger partial charge in [-0.1, -0.05) is 17.2 Å². The van der Waals surface area contributed by atoms with Gasteiger partial charge in [-0.3, -0.25) is 4.79 Å². The Morgan fingerprint density at radius 3 is 2.44 bits per heavy atom. The fraction of sp³-hybridized carbons (Fsp3) is 0.292. The van der Waals surface area contributed by atoms with Crippen LogP contribution in [0.4, 0.5) is 24.5 Å². The van der Waals surface area contributed by atoms with Crippen LogP contribution < -0.4 is 15.2 Å². The fourth-order valence-electron chi connectivity index (χ4n) is 4.17. The highest BCUT2D eigenvalue weighted by Gasteiger charge is 2.31. The third kappa shape index (κ3) is 4.87. The van der Waals surface area contributed by atoms with Crippen LogP contribution in [0.2, 0.25) is 0 Å². The second kappa shape index (κ2) is 9.52. The van der Waals surface area contributed by atoms with Gasteiger partial charge in [0.05, 0.1) is 24.9 Å². The van der Waals surface area contributed by atoms with E-state index in [-0.39, 0.29) is 18.0 Å². The first-order valence-electron chi connectivity index (χ1n) is 10.6. The summed E-state index contributed by atoms with van der Waals surface area (Å²) in [4.78, 5) is 18.0. The molecule has 4 rings (SSSR count). The Balaban J connectivity index is 1.70. The van der Waals surface area contributed by atoms with E-state index in [2.05, 4.69) is 10.0 Å². The average molecular weight is 469 g/mol. The molecule has 0 saturated carbocycles.